The van der Waals surface area contributed by atoms with Gasteiger partial charge in [0.05, 0.1) is 5.60 Å². The lowest BCUT2D eigenvalue weighted by Crippen LogP contribution is -2.43. The van der Waals surface area contributed by atoms with Crippen molar-refractivity contribution in [3.63, 3.8) is 0 Å². The largest absolute Gasteiger partial charge is 0.487 e. The molecule has 1 aliphatic heterocycles. The summed E-state index contributed by atoms with van der Waals surface area (Å²) in [5, 5.41) is 13.3. The van der Waals surface area contributed by atoms with Crippen LogP contribution >= 0.6 is 0 Å². The first-order chi connectivity index (χ1) is 8.27. The van der Waals surface area contributed by atoms with E-state index < -0.39 is 5.60 Å². The summed E-state index contributed by atoms with van der Waals surface area (Å²) in [6.45, 7) is 8.40. The maximum Gasteiger partial charge on any atom is 0.124 e. The zero-order valence-electron chi connectivity index (χ0n) is 11.7. The van der Waals surface area contributed by atoms with Crippen molar-refractivity contribution in [3.8, 4) is 5.75 Å². The number of nitrogens with one attached hydrogen (secondary N) is 1. The fourth-order valence-electron chi connectivity index (χ4n) is 2.36. The Labute approximate surface area is 109 Å². The average Bonchev–Trinajstić information content (AvgIpc) is 2.23. The van der Waals surface area contributed by atoms with Gasteiger partial charge in [-0.15, -0.1) is 0 Å². The number of fused-ring (bicyclic) bond motifs is 1. The molecule has 1 atom stereocenters. The summed E-state index contributed by atoms with van der Waals surface area (Å²) in [7, 11) is 0. The Balaban J connectivity index is 2.19. The monoisotopic (exact) mass is 249 g/mol. The van der Waals surface area contributed by atoms with Gasteiger partial charge in [-0.25, -0.2) is 0 Å². The second kappa shape index (κ2) is 4.56. The van der Waals surface area contributed by atoms with Crippen LogP contribution in [0.1, 0.15) is 45.7 Å². The number of hydrogen-bond acceptors (Lipinski definition) is 3. The maximum absolute atomic E-state index is 9.83. The zero-order valence-corrected chi connectivity index (χ0v) is 11.7. The summed E-state index contributed by atoms with van der Waals surface area (Å²) >= 11 is 0. The lowest BCUT2D eigenvalue weighted by Gasteiger charge is -2.38. The second-order valence-electron chi connectivity index (χ2n) is 6.35. The van der Waals surface area contributed by atoms with Gasteiger partial charge in [-0.05, 0) is 33.8 Å². The van der Waals surface area contributed by atoms with Crippen LogP contribution in [0.5, 0.6) is 5.75 Å². The molecule has 0 aliphatic carbocycles. The van der Waals surface area contributed by atoms with Gasteiger partial charge in [0.25, 0.3) is 0 Å². The van der Waals surface area contributed by atoms with E-state index in [1.165, 1.54) is 5.56 Å². The van der Waals surface area contributed by atoms with Crippen LogP contribution in [0.15, 0.2) is 24.3 Å². The van der Waals surface area contributed by atoms with Gasteiger partial charge in [0.1, 0.15) is 11.4 Å². The van der Waals surface area contributed by atoms with Gasteiger partial charge >= 0.3 is 0 Å². The molecule has 3 nitrogen and oxygen atoms in total. The second-order valence-corrected chi connectivity index (χ2v) is 6.35. The molecule has 1 aromatic carbocycles. The van der Waals surface area contributed by atoms with Gasteiger partial charge in [-0.1, -0.05) is 18.2 Å². The molecule has 0 saturated carbocycles. The molecule has 100 valence electrons. The molecule has 1 aromatic rings. The number of rotatable bonds is 3. The Hall–Kier alpha value is -1.06. The lowest BCUT2D eigenvalue weighted by atomic mass is 9.89. The SMILES string of the molecule is CC(C)(O)CNC1CC(C)(C)Oc2ccccc21. The number of hydrogen-bond donors (Lipinski definition) is 2. The molecule has 0 fully saturated rings. The molecular formula is C15H23NO2. The van der Waals surface area contributed by atoms with Crippen molar-refractivity contribution in [2.24, 2.45) is 0 Å². The third-order valence-electron chi connectivity index (χ3n) is 3.16. The Morgan fingerprint density at radius 1 is 1.39 bits per heavy atom. The van der Waals surface area contributed by atoms with Gasteiger partial charge < -0.3 is 15.2 Å². The highest BCUT2D eigenvalue weighted by Gasteiger charge is 2.33. The topological polar surface area (TPSA) is 41.5 Å². The van der Waals surface area contributed by atoms with E-state index in [4.69, 9.17) is 4.74 Å². The predicted molar refractivity (Wildman–Crippen MR) is 72.8 cm³/mol. The summed E-state index contributed by atoms with van der Waals surface area (Å²) in [6, 6.07) is 8.35. The van der Waals surface area contributed by atoms with Crippen LogP contribution in [0.3, 0.4) is 0 Å². The Kier molecular flexibility index (Phi) is 3.39. The van der Waals surface area contributed by atoms with Crippen molar-refractivity contribution in [2.75, 3.05) is 6.54 Å². The fraction of sp³-hybridized carbons (Fsp3) is 0.600. The van der Waals surface area contributed by atoms with Gasteiger partial charge in [0.2, 0.25) is 0 Å². The minimum absolute atomic E-state index is 0.175. The smallest absolute Gasteiger partial charge is 0.124 e. The average molecular weight is 249 g/mol. The highest BCUT2D eigenvalue weighted by molar-refractivity contribution is 5.38. The van der Waals surface area contributed by atoms with Crippen LogP contribution in [0.4, 0.5) is 0 Å². The molecule has 0 bridgehead atoms. The van der Waals surface area contributed by atoms with Gasteiger partial charge in [-0.2, -0.15) is 0 Å². The van der Waals surface area contributed by atoms with Crippen molar-refractivity contribution in [1.82, 2.24) is 5.32 Å². The van der Waals surface area contributed by atoms with Crippen LogP contribution in [0, 0.1) is 0 Å². The van der Waals surface area contributed by atoms with Crippen LogP contribution < -0.4 is 10.1 Å². The zero-order chi connectivity index (χ0) is 13.4. The number of ether oxygens (including phenoxy) is 1. The summed E-state index contributed by atoms with van der Waals surface area (Å²) in [6.07, 6.45) is 0.903. The molecule has 1 unspecified atom stereocenters. The van der Waals surface area contributed by atoms with E-state index in [1.807, 2.05) is 32.0 Å². The highest BCUT2D eigenvalue weighted by Crippen LogP contribution is 2.39. The first-order valence-electron chi connectivity index (χ1n) is 6.51. The van der Waals surface area contributed by atoms with E-state index in [1.54, 1.807) is 0 Å². The Morgan fingerprint density at radius 2 is 2.06 bits per heavy atom. The van der Waals surface area contributed by atoms with Gasteiger partial charge in [0, 0.05) is 24.6 Å². The van der Waals surface area contributed by atoms with Crippen LogP contribution in [-0.4, -0.2) is 22.9 Å². The molecule has 2 rings (SSSR count). The van der Waals surface area contributed by atoms with Crippen LogP contribution in [-0.2, 0) is 0 Å². The molecule has 0 spiro atoms. The number of aliphatic hydroxyl groups is 1. The third-order valence-corrected chi connectivity index (χ3v) is 3.16. The minimum atomic E-state index is -0.697. The van der Waals surface area contributed by atoms with E-state index in [0.29, 0.717) is 6.54 Å². The molecule has 0 aromatic heterocycles. The lowest BCUT2D eigenvalue weighted by molar-refractivity contribution is 0.0475. The first kappa shape index (κ1) is 13.4. The highest BCUT2D eigenvalue weighted by atomic mass is 16.5. The quantitative estimate of drug-likeness (QED) is 0.865. The predicted octanol–water partition coefficient (Wildman–Crippen LogP) is 2.65. The molecule has 2 N–H and O–H groups in total. The van der Waals surface area contributed by atoms with Gasteiger partial charge in [-0.3, -0.25) is 0 Å². The summed E-state index contributed by atoms with van der Waals surface area (Å²) in [5.41, 5.74) is 0.310. The first-order valence-corrected chi connectivity index (χ1v) is 6.51. The van der Waals surface area contributed by atoms with Crippen molar-refractivity contribution in [3.05, 3.63) is 29.8 Å². The van der Waals surface area contributed by atoms with Crippen molar-refractivity contribution in [1.29, 1.82) is 0 Å². The molecule has 0 amide bonds. The van der Waals surface area contributed by atoms with Crippen molar-refractivity contribution < 1.29 is 9.84 Å². The van der Waals surface area contributed by atoms with Crippen LogP contribution in [0.2, 0.25) is 0 Å². The molecule has 0 saturated heterocycles. The van der Waals surface area contributed by atoms with Gasteiger partial charge in [0.15, 0.2) is 0 Å². The van der Waals surface area contributed by atoms with E-state index in [9.17, 15) is 5.11 Å². The van der Waals surface area contributed by atoms with E-state index in [2.05, 4.69) is 25.2 Å². The molecular weight excluding hydrogens is 226 g/mol. The van der Waals surface area contributed by atoms with E-state index in [-0.39, 0.29) is 11.6 Å². The Bertz CT molecular complexity index is 421. The minimum Gasteiger partial charge on any atom is -0.487 e. The van der Waals surface area contributed by atoms with Crippen LogP contribution in [0.25, 0.3) is 0 Å². The van der Waals surface area contributed by atoms with E-state index in [0.717, 1.165) is 12.2 Å². The summed E-state index contributed by atoms with van der Waals surface area (Å²) in [4.78, 5) is 0. The normalized spacial score (nSPS) is 22.2. The summed E-state index contributed by atoms with van der Waals surface area (Å²) in [5.74, 6) is 0.946. The number of para-hydroxylation sites is 1. The van der Waals surface area contributed by atoms with Crippen molar-refractivity contribution >= 4 is 0 Å². The van der Waals surface area contributed by atoms with Crippen molar-refractivity contribution in [2.45, 2.75) is 51.4 Å². The molecule has 1 heterocycles. The summed E-state index contributed by atoms with van der Waals surface area (Å²) < 4.78 is 5.98. The molecule has 3 heteroatoms. The molecule has 18 heavy (non-hydrogen) atoms. The third kappa shape index (κ3) is 3.24. The molecule has 0 radical (unpaired) electrons. The standard InChI is InChI=1S/C15H23NO2/c1-14(2,17)10-16-12-9-15(3,4)18-13-8-6-5-7-11(12)13/h5-8,12,16-17H,9-10H2,1-4H3. The fourth-order valence-corrected chi connectivity index (χ4v) is 2.36. The van der Waals surface area contributed by atoms with E-state index >= 15 is 0 Å². The molecule has 1 aliphatic rings. The number of benzene rings is 1. The maximum atomic E-state index is 9.83. The Morgan fingerprint density at radius 3 is 2.72 bits per heavy atom.